The summed E-state index contributed by atoms with van der Waals surface area (Å²) in [6.07, 6.45) is 0. The molecule has 0 amide bonds. The van der Waals surface area contributed by atoms with Gasteiger partial charge in [0, 0.05) is 37.4 Å². The van der Waals surface area contributed by atoms with Gasteiger partial charge in [-0.15, -0.1) is 0 Å². The van der Waals surface area contributed by atoms with Gasteiger partial charge < -0.3 is 14.1 Å². The molecule has 43 heavy (non-hydrogen) atoms. The molecule has 0 saturated heterocycles. The molecular weight excluding hydrogens is 566 g/mol. The maximum absolute atomic E-state index is 15.6. The van der Waals surface area contributed by atoms with E-state index in [9.17, 15) is 0 Å². The van der Waals surface area contributed by atoms with Crippen molar-refractivity contribution in [2.24, 2.45) is 0 Å². The minimum absolute atomic E-state index is 0.602. The molecule has 6 aromatic carbocycles. The number of para-hydroxylation sites is 2. The SMILES string of the molecule is O=P(c1ccccc1)(c1ccccc1)c1cc(-c2nc3ccccc3[nH]2)cc(P(=O)(c2ccccc2)c2ccccc2)c1. The highest BCUT2D eigenvalue weighted by atomic mass is 31.2. The summed E-state index contributed by atoms with van der Waals surface area (Å²) in [6, 6.07) is 51.9. The van der Waals surface area contributed by atoms with Crippen molar-refractivity contribution in [3.63, 3.8) is 0 Å². The van der Waals surface area contributed by atoms with Crippen molar-refractivity contribution in [1.29, 1.82) is 0 Å². The molecule has 0 aliphatic heterocycles. The molecule has 7 rings (SSSR count). The highest BCUT2D eigenvalue weighted by molar-refractivity contribution is 7.86. The Morgan fingerprint density at radius 3 is 1.19 bits per heavy atom. The lowest BCUT2D eigenvalue weighted by molar-refractivity contribution is 0.592. The van der Waals surface area contributed by atoms with Crippen molar-refractivity contribution in [3.05, 3.63) is 164 Å². The second kappa shape index (κ2) is 11.2. The van der Waals surface area contributed by atoms with Crippen LogP contribution in [0.15, 0.2) is 164 Å². The number of hydrogen-bond donors (Lipinski definition) is 1. The Kier molecular flexibility index (Phi) is 7.03. The van der Waals surface area contributed by atoms with Gasteiger partial charge in [-0.2, -0.15) is 0 Å². The van der Waals surface area contributed by atoms with Gasteiger partial charge in [0.15, 0.2) is 14.3 Å². The molecule has 0 aliphatic carbocycles. The number of aromatic nitrogens is 2. The number of H-pyrrole nitrogens is 1. The van der Waals surface area contributed by atoms with Crippen molar-refractivity contribution >= 4 is 57.1 Å². The summed E-state index contributed by atoms with van der Waals surface area (Å²) in [7, 11) is -6.80. The fraction of sp³-hybridized carbons (Fsp3) is 0. The molecule has 6 heteroatoms. The summed E-state index contributed by atoms with van der Waals surface area (Å²) in [5.74, 6) is 0.629. The predicted octanol–water partition coefficient (Wildman–Crippen LogP) is 6.51. The summed E-state index contributed by atoms with van der Waals surface area (Å²) in [5.41, 5.74) is 2.45. The van der Waals surface area contributed by atoms with Gasteiger partial charge >= 0.3 is 0 Å². The van der Waals surface area contributed by atoms with Crippen LogP contribution < -0.4 is 31.8 Å². The van der Waals surface area contributed by atoms with Crippen molar-refractivity contribution < 1.29 is 9.13 Å². The van der Waals surface area contributed by atoms with Gasteiger partial charge in [-0.05, 0) is 30.3 Å². The van der Waals surface area contributed by atoms with Gasteiger partial charge in [0.05, 0.1) is 11.0 Å². The van der Waals surface area contributed by atoms with E-state index in [4.69, 9.17) is 4.98 Å². The lowest BCUT2D eigenvalue weighted by Gasteiger charge is -2.25. The van der Waals surface area contributed by atoms with Crippen molar-refractivity contribution in [2.75, 3.05) is 0 Å². The third-order valence-corrected chi connectivity index (χ3v) is 13.8. The van der Waals surface area contributed by atoms with E-state index in [1.54, 1.807) is 0 Å². The van der Waals surface area contributed by atoms with Crippen LogP contribution in [-0.2, 0) is 9.13 Å². The molecule has 1 aromatic heterocycles. The number of benzene rings is 6. The van der Waals surface area contributed by atoms with Gasteiger partial charge in [0.25, 0.3) is 0 Å². The first kappa shape index (κ1) is 27.1. The number of rotatable bonds is 7. The molecule has 4 nitrogen and oxygen atoms in total. The molecule has 0 fully saturated rings. The molecule has 1 heterocycles. The van der Waals surface area contributed by atoms with E-state index in [1.807, 2.05) is 164 Å². The van der Waals surface area contributed by atoms with E-state index in [0.717, 1.165) is 16.6 Å². The van der Waals surface area contributed by atoms with E-state index in [0.29, 0.717) is 37.7 Å². The van der Waals surface area contributed by atoms with E-state index in [2.05, 4.69) is 4.98 Å². The first-order valence-electron chi connectivity index (χ1n) is 14.1. The predicted molar refractivity (Wildman–Crippen MR) is 180 cm³/mol. The summed E-state index contributed by atoms with van der Waals surface area (Å²) < 4.78 is 31.2. The molecule has 0 radical (unpaired) electrons. The smallest absolute Gasteiger partial charge is 0.171 e. The minimum atomic E-state index is -3.40. The zero-order chi connectivity index (χ0) is 29.3. The summed E-state index contributed by atoms with van der Waals surface area (Å²) in [5, 5.41) is 4.05. The second-order valence-electron chi connectivity index (χ2n) is 10.4. The van der Waals surface area contributed by atoms with Gasteiger partial charge in [-0.1, -0.05) is 133 Å². The minimum Gasteiger partial charge on any atom is -0.338 e. The molecule has 0 aliphatic rings. The number of hydrogen-bond acceptors (Lipinski definition) is 3. The van der Waals surface area contributed by atoms with Gasteiger partial charge in [0.1, 0.15) is 5.82 Å². The number of nitrogens with one attached hydrogen (secondary N) is 1. The first-order valence-corrected chi connectivity index (χ1v) is 17.5. The van der Waals surface area contributed by atoms with Crippen molar-refractivity contribution in [3.8, 4) is 11.4 Å². The highest BCUT2D eigenvalue weighted by Gasteiger charge is 2.35. The second-order valence-corrected chi connectivity index (χ2v) is 15.9. The third-order valence-electron chi connectivity index (χ3n) is 7.77. The zero-order valence-electron chi connectivity index (χ0n) is 23.2. The van der Waals surface area contributed by atoms with Crippen LogP contribution in [0.1, 0.15) is 0 Å². The standard InChI is InChI=1S/C37H28N2O2P2/c40-42(29-15-5-1-6-16-29,30-17-7-2-8-18-30)33-25-28(37-38-35-23-13-14-24-36(35)39-37)26-34(27-33)43(41,31-19-9-3-10-20-31)32-21-11-4-12-22-32/h1-27H,(H,38,39). The number of nitrogens with zero attached hydrogens (tertiary/aromatic N) is 1. The Balaban J connectivity index is 1.57. The highest BCUT2D eigenvalue weighted by Crippen LogP contribution is 2.47. The lowest BCUT2D eigenvalue weighted by atomic mass is 10.2. The summed E-state index contributed by atoms with van der Waals surface area (Å²) in [4.78, 5) is 8.32. The van der Waals surface area contributed by atoms with Crippen LogP contribution in [0.3, 0.4) is 0 Å². The fourth-order valence-corrected chi connectivity index (χ4v) is 11.2. The van der Waals surface area contributed by atoms with Gasteiger partial charge in [-0.25, -0.2) is 4.98 Å². The molecule has 7 aromatic rings. The monoisotopic (exact) mass is 594 g/mol. The molecule has 0 atom stereocenters. The molecule has 0 spiro atoms. The number of fused-ring (bicyclic) bond motifs is 1. The quantitative estimate of drug-likeness (QED) is 0.214. The van der Waals surface area contributed by atoms with E-state index >= 15 is 9.13 Å². The van der Waals surface area contributed by atoms with Crippen LogP contribution in [0.25, 0.3) is 22.4 Å². The Morgan fingerprint density at radius 1 is 0.419 bits per heavy atom. The van der Waals surface area contributed by atoms with E-state index in [1.165, 1.54) is 0 Å². The Bertz CT molecular complexity index is 1890. The normalized spacial score (nSPS) is 11.9. The lowest BCUT2D eigenvalue weighted by Crippen LogP contribution is -2.30. The topological polar surface area (TPSA) is 62.8 Å². The average molecular weight is 595 g/mol. The molecule has 208 valence electrons. The van der Waals surface area contributed by atoms with Crippen LogP contribution in [0, 0.1) is 0 Å². The van der Waals surface area contributed by atoms with Gasteiger partial charge in [0.2, 0.25) is 0 Å². The number of imidazole rings is 1. The molecule has 0 unspecified atom stereocenters. The summed E-state index contributed by atoms with van der Waals surface area (Å²) >= 11 is 0. The van der Waals surface area contributed by atoms with Crippen LogP contribution in [0.5, 0.6) is 0 Å². The summed E-state index contributed by atoms with van der Waals surface area (Å²) in [6.45, 7) is 0. The van der Waals surface area contributed by atoms with Crippen LogP contribution in [0.4, 0.5) is 0 Å². The Labute approximate surface area is 250 Å². The fourth-order valence-electron chi connectivity index (χ4n) is 5.63. The maximum atomic E-state index is 15.6. The zero-order valence-corrected chi connectivity index (χ0v) is 25.0. The Hall–Kier alpha value is -4.75. The largest absolute Gasteiger partial charge is 0.338 e. The first-order chi connectivity index (χ1) is 21.1. The molecule has 1 N–H and O–H groups in total. The average Bonchev–Trinajstić information content (AvgIpc) is 3.54. The van der Waals surface area contributed by atoms with E-state index in [-0.39, 0.29) is 0 Å². The molecular formula is C37H28N2O2P2. The molecule has 0 bridgehead atoms. The Morgan fingerprint density at radius 2 is 0.791 bits per heavy atom. The van der Waals surface area contributed by atoms with Crippen molar-refractivity contribution in [1.82, 2.24) is 9.97 Å². The molecule has 0 saturated carbocycles. The number of aromatic amines is 1. The van der Waals surface area contributed by atoms with Crippen LogP contribution in [0.2, 0.25) is 0 Å². The van der Waals surface area contributed by atoms with Crippen LogP contribution in [-0.4, -0.2) is 9.97 Å². The van der Waals surface area contributed by atoms with E-state index < -0.39 is 14.3 Å². The third kappa shape index (κ3) is 4.79. The van der Waals surface area contributed by atoms with Gasteiger partial charge in [-0.3, -0.25) is 0 Å². The van der Waals surface area contributed by atoms with Crippen LogP contribution >= 0.6 is 14.3 Å². The van der Waals surface area contributed by atoms with Crippen molar-refractivity contribution in [2.45, 2.75) is 0 Å². The maximum Gasteiger partial charge on any atom is 0.171 e.